The summed E-state index contributed by atoms with van der Waals surface area (Å²) in [7, 11) is 0. The molecule has 2 aromatic rings. The van der Waals surface area contributed by atoms with E-state index in [1.54, 1.807) is 11.6 Å². The molecule has 0 amide bonds. The zero-order valence-corrected chi connectivity index (χ0v) is 16.8. The minimum absolute atomic E-state index is 0.415. The molecule has 0 aliphatic heterocycles. The van der Waals surface area contributed by atoms with Crippen LogP contribution in [0.4, 0.5) is 0 Å². The van der Waals surface area contributed by atoms with Gasteiger partial charge in [-0.1, -0.05) is 88.8 Å². The van der Waals surface area contributed by atoms with Gasteiger partial charge >= 0.3 is 0 Å². The molecule has 142 valence electrons. The number of aryl methyl sites for hydroxylation is 1. The molecule has 0 saturated carbocycles. The number of rotatable bonds is 12. The van der Waals surface area contributed by atoms with Crippen LogP contribution in [0.1, 0.15) is 87.5 Å². The lowest BCUT2D eigenvalue weighted by molar-refractivity contribution is 0.469. The van der Waals surface area contributed by atoms with Crippen LogP contribution in [0.25, 0.3) is 0 Å². The molecule has 0 aliphatic rings. The number of para-hydroxylation sites is 1. The van der Waals surface area contributed by atoms with Crippen molar-refractivity contribution < 1.29 is 5.11 Å². The van der Waals surface area contributed by atoms with E-state index in [9.17, 15) is 5.11 Å². The molecule has 2 rings (SSSR count). The first-order valence-corrected chi connectivity index (χ1v) is 10.6. The van der Waals surface area contributed by atoms with Crippen molar-refractivity contribution in [3.8, 4) is 5.75 Å². The molecular weight excluding hydrogens is 316 g/mol. The summed E-state index contributed by atoms with van der Waals surface area (Å²) in [4.78, 5) is 0. The molecule has 0 heterocycles. The molecule has 1 heteroatoms. The lowest BCUT2D eigenvalue weighted by Gasteiger charge is -2.16. The Bertz CT molecular complexity index is 644. The van der Waals surface area contributed by atoms with E-state index in [-0.39, 0.29) is 0 Å². The molecule has 0 atom stereocenters. The first-order valence-electron chi connectivity index (χ1n) is 10.6. The molecule has 1 nitrogen and oxygen atoms in total. The van der Waals surface area contributed by atoms with E-state index in [1.807, 2.05) is 18.2 Å². The van der Waals surface area contributed by atoms with Crippen molar-refractivity contribution in [2.24, 2.45) is 0 Å². The Balaban J connectivity index is 2.16. The SMILES string of the molecule is CCCCCCc1cccc(Cc2ccccc2O)c1CCCCCC. The van der Waals surface area contributed by atoms with Crippen LogP contribution in [0.2, 0.25) is 0 Å². The number of phenols is 1. The lowest BCUT2D eigenvalue weighted by Crippen LogP contribution is -2.02. The normalized spacial score (nSPS) is 11.0. The fraction of sp³-hybridized carbons (Fsp3) is 0.520. The highest BCUT2D eigenvalue weighted by Crippen LogP contribution is 2.26. The monoisotopic (exact) mass is 352 g/mol. The summed E-state index contributed by atoms with van der Waals surface area (Å²) in [6.07, 6.45) is 13.6. The summed E-state index contributed by atoms with van der Waals surface area (Å²) >= 11 is 0. The maximum absolute atomic E-state index is 10.2. The highest BCUT2D eigenvalue weighted by molar-refractivity contribution is 5.42. The quantitative estimate of drug-likeness (QED) is 0.399. The van der Waals surface area contributed by atoms with Gasteiger partial charge in [0.25, 0.3) is 0 Å². The van der Waals surface area contributed by atoms with Gasteiger partial charge in [0.2, 0.25) is 0 Å². The molecule has 0 fully saturated rings. The number of unbranched alkanes of at least 4 members (excludes halogenated alkanes) is 6. The average molecular weight is 353 g/mol. The van der Waals surface area contributed by atoms with Gasteiger partial charge in [0.05, 0.1) is 0 Å². The fourth-order valence-electron chi connectivity index (χ4n) is 3.75. The van der Waals surface area contributed by atoms with E-state index in [4.69, 9.17) is 0 Å². The zero-order chi connectivity index (χ0) is 18.6. The Morgan fingerprint density at radius 2 is 1.23 bits per heavy atom. The minimum atomic E-state index is 0.415. The Labute approximate surface area is 160 Å². The summed E-state index contributed by atoms with van der Waals surface area (Å²) in [6.45, 7) is 4.54. The average Bonchev–Trinajstić information content (AvgIpc) is 2.65. The molecule has 0 saturated heterocycles. The zero-order valence-electron chi connectivity index (χ0n) is 16.8. The molecule has 0 radical (unpaired) electrons. The van der Waals surface area contributed by atoms with E-state index in [1.165, 1.54) is 75.3 Å². The van der Waals surface area contributed by atoms with Gasteiger partial charge in [-0.2, -0.15) is 0 Å². The van der Waals surface area contributed by atoms with Crippen LogP contribution in [0.3, 0.4) is 0 Å². The van der Waals surface area contributed by atoms with Gasteiger partial charge in [-0.25, -0.2) is 0 Å². The van der Waals surface area contributed by atoms with Crippen molar-refractivity contribution >= 4 is 0 Å². The van der Waals surface area contributed by atoms with Gasteiger partial charge in [0.15, 0.2) is 0 Å². The van der Waals surface area contributed by atoms with Crippen molar-refractivity contribution in [1.29, 1.82) is 0 Å². The van der Waals surface area contributed by atoms with Gasteiger partial charge in [-0.3, -0.25) is 0 Å². The molecule has 26 heavy (non-hydrogen) atoms. The van der Waals surface area contributed by atoms with Crippen LogP contribution < -0.4 is 0 Å². The highest BCUT2D eigenvalue weighted by atomic mass is 16.3. The van der Waals surface area contributed by atoms with Gasteiger partial charge in [0.1, 0.15) is 5.75 Å². The Morgan fingerprint density at radius 3 is 1.92 bits per heavy atom. The van der Waals surface area contributed by atoms with Crippen LogP contribution in [0.15, 0.2) is 42.5 Å². The summed E-state index contributed by atoms with van der Waals surface area (Å²) in [5.74, 6) is 0.415. The molecule has 0 spiro atoms. The van der Waals surface area contributed by atoms with Crippen molar-refractivity contribution in [2.75, 3.05) is 0 Å². The molecule has 2 aromatic carbocycles. The lowest BCUT2D eigenvalue weighted by atomic mass is 9.89. The third kappa shape index (κ3) is 6.52. The Hall–Kier alpha value is -1.76. The second kappa shape index (κ2) is 11.8. The number of phenolic OH excluding ortho intramolecular Hbond substituents is 1. The van der Waals surface area contributed by atoms with Crippen LogP contribution >= 0.6 is 0 Å². The summed E-state index contributed by atoms with van der Waals surface area (Å²) in [5, 5.41) is 10.2. The van der Waals surface area contributed by atoms with Crippen LogP contribution in [0, 0.1) is 0 Å². The second-order valence-corrected chi connectivity index (χ2v) is 7.48. The Kier molecular flexibility index (Phi) is 9.31. The predicted molar refractivity (Wildman–Crippen MR) is 113 cm³/mol. The van der Waals surface area contributed by atoms with E-state index in [0.29, 0.717) is 5.75 Å². The maximum Gasteiger partial charge on any atom is 0.119 e. The molecule has 0 unspecified atom stereocenters. The van der Waals surface area contributed by atoms with Crippen LogP contribution in [-0.4, -0.2) is 5.11 Å². The smallest absolute Gasteiger partial charge is 0.119 e. The number of benzene rings is 2. The van der Waals surface area contributed by atoms with E-state index >= 15 is 0 Å². The third-order valence-electron chi connectivity index (χ3n) is 5.32. The fourth-order valence-corrected chi connectivity index (χ4v) is 3.75. The first-order chi connectivity index (χ1) is 12.8. The molecular formula is C25H36O. The molecule has 1 N–H and O–H groups in total. The topological polar surface area (TPSA) is 20.2 Å². The van der Waals surface area contributed by atoms with Gasteiger partial charge < -0.3 is 5.11 Å². The summed E-state index contributed by atoms with van der Waals surface area (Å²) < 4.78 is 0. The molecule has 0 bridgehead atoms. The van der Waals surface area contributed by atoms with E-state index < -0.39 is 0 Å². The minimum Gasteiger partial charge on any atom is -0.508 e. The van der Waals surface area contributed by atoms with Crippen molar-refractivity contribution in [1.82, 2.24) is 0 Å². The van der Waals surface area contributed by atoms with Gasteiger partial charge in [-0.05, 0) is 54.0 Å². The van der Waals surface area contributed by atoms with Crippen LogP contribution in [-0.2, 0) is 19.3 Å². The Morgan fingerprint density at radius 1 is 0.615 bits per heavy atom. The van der Waals surface area contributed by atoms with E-state index in [2.05, 4.69) is 32.0 Å². The van der Waals surface area contributed by atoms with Crippen molar-refractivity contribution in [2.45, 2.75) is 84.5 Å². The number of aromatic hydroxyl groups is 1. The second-order valence-electron chi connectivity index (χ2n) is 7.48. The highest BCUT2D eigenvalue weighted by Gasteiger charge is 2.11. The van der Waals surface area contributed by atoms with Gasteiger partial charge in [-0.15, -0.1) is 0 Å². The maximum atomic E-state index is 10.2. The standard InChI is InChI=1S/C25H36O/c1-3-5-7-9-14-21-16-13-17-22(24(21)18-10-8-6-4-2)20-23-15-11-12-19-25(23)26/h11-13,15-17,19,26H,3-10,14,18,20H2,1-2H3. The van der Waals surface area contributed by atoms with E-state index in [0.717, 1.165) is 12.0 Å². The van der Waals surface area contributed by atoms with Crippen LogP contribution in [0.5, 0.6) is 5.75 Å². The third-order valence-corrected chi connectivity index (χ3v) is 5.32. The summed E-state index contributed by atoms with van der Waals surface area (Å²) in [6, 6.07) is 14.6. The largest absolute Gasteiger partial charge is 0.508 e. The first kappa shape index (κ1) is 20.6. The van der Waals surface area contributed by atoms with Gasteiger partial charge in [0, 0.05) is 6.42 Å². The van der Waals surface area contributed by atoms with Crippen molar-refractivity contribution in [3.05, 3.63) is 64.7 Å². The molecule has 0 aliphatic carbocycles. The van der Waals surface area contributed by atoms with Crippen molar-refractivity contribution in [3.63, 3.8) is 0 Å². The number of hydrogen-bond donors (Lipinski definition) is 1. The summed E-state index contributed by atoms with van der Waals surface area (Å²) in [5.41, 5.74) is 5.51. The predicted octanol–water partition coefficient (Wildman–Crippen LogP) is 7.23. The molecule has 0 aromatic heterocycles. The number of hydrogen-bond acceptors (Lipinski definition) is 1.